The maximum atomic E-state index is 12.6. The van der Waals surface area contributed by atoms with Crippen molar-refractivity contribution in [3.05, 3.63) is 17.4 Å². The highest BCUT2D eigenvalue weighted by Crippen LogP contribution is 2.26. The van der Waals surface area contributed by atoms with Crippen molar-refractivity contribution in [2.75, 3.05) is 27.2 Å². The zero-order chi connectivity index (χ0) is 18.1. The third kappa shape index (κ3) is 3.78. The van der Waals surface area contributed by atoms with Crippen LogP contribution in [0.2, 0.25) is 0 Å². The van der Waals surface area contributed by atoms with E-state index in [2.05, 4.69) is 0 Å². The second-order valence-electron chi connectivity index (χ2n) is 6.16. The van der Waals surface area contributed by atoms with Crippen molar-refractivity contribution in [1.29, 1.82) is 0 Å². The highest BCUT2D eigenvalue weighted by Gasteiger charge is 2.30. The minimum absolute atomic E-state index is 0.0710. The van der Waals surface area contributed by atoms with E-state index in [1.165, 1.54) is 20.2 Å². The second-order valence-corrected chi connectivity index (χ2v) is 8.24. The molecule has 1 aromatic rings. The maximum absolute atomic E-state index is 12.6. The van der Waals surface area contributed by atoms with Gasteiger partial charge in [-0.3, -0.25) is 9.59 Å². The van der Waals surface area contributed by atoms with Crippen molar-refractivity contribution in [2.24, 2.45) is 5.92 Å². The lowest BCUT2D eigenvalue weighted by Gasteiger charge is -2.31. The van der Waals surface area contributed by atoms with Crippen molar-refractivity contribution in [1.82, 2.24) is 9.21 Å². The van der Waals surface area contributed by atoms with E-state index < -0.39 is 16.0 Å². The minimum Gasteiger partial charge on any atom is -0.481 e. The summed E-state index contributed by atoms with van der Waals surface area (Å²) in [6, 6.07) is 1.26. The van der Waals surface area contributed by atoms with Gasteiger partial charge in [-0.25, -0.2) is 12.7 Å². The van der Waals surface area contributed by atoms with Gasteiger partial charge in [-0.2, -0.15) is 0 Å². The molecule has 2 heterocycles. The molecular weight excluding hydrogens is 336 g/mol. The van der Waals surface area contributed by atoms with Gasteiger partial charge in [-0.05, 0) is 25.7 Å². The molecule has 0 unspecified atom stereocenters. The Morgan fingerprint density at radius 3 is 2.42 bits per heavy atom. The van der Waals surface area contributed by atoms with Gasteiger partial charge in [0, 0.05) is 39.7 Å². The van der Waals surface area contributed by atoms with Crippen LogP contribution in [-0.2, 0) is 14.8 Å². The molecule has 0 bridgehead atoms. The molecule has 0 saturated carbocycles. The SMILES string of the molecule is Cc1oc(S(=O)(=O)N(C)C)cc1C(=O)N1CCC(CC(=O)O)CC1. The van der Waals surface area contributed by atoms with Crippen molar-refractivity contribution in [3.63, 3.8) is 0 Å². The number of likely N-dealkylation sites (tertiary alicyclic amines) is 1. The number of carboxylic acid groups (broad SMARTS) is 1. The number of amides is 1. The smallest absolute Gasteiger partial charge is 0.303 e. The molecule has 0 aliphatic carbocycles. The third-order valence-electron chi connectivity index (χ3n) is 4.23. The Morgan fingerprint density at radius 2 is 1.92 bits per heavy atom. The molecule has 2 rings (SSSR count). The van der Waals surface area contributed by atoms with Crippen LogP contribution in [0, 0.1) is 12.8 Å². The van der Waals surface area contributed by atoms with Gasteiger partial charge in [-0.1, -0.05) is 0 Å². The molecule has 1 N–H and O–H groups in total. The Labute approximate surface area is 141 Å². The van der Waals surface area contributed by atoms with Crippen LogP contribution in [0.5, 0.6) is 0 Å². The van der Waals surface area contributed by atoms with Crippen molar-refractivity contribution in [3.8, 4) is 0 Å². The normalized spacial score (nSPS) is 16.6. The molecule has 134 valence electrons. The fourth-order valence-electron chi connectivity index (χ4n) is 2.73. The molecule has 0 spiro atoms. The number of aryl methyl sites for hydroxylation is 1. The summed E-state index contributed by atoms with van der Waals surface area (Å²) < 4.78 is 30.5. The lowest BCUT2D eigenvalue weighted by molar-refractivity contribution is -0.138. The fourth-order valence-corrected chi connectivity index (χ4v) is 3.59. The number of rotatable bonds is 5. The largest absolute Gasteiger partial charge is 0.481 e. The summed E-state index contributed by atoms with van der Waals surface area (Å²) in [6.07, 6.45) is 1.35. The van der Waals surface area contributed by atoms with Crippen LogP contribution in [0.25, 0.3) is 0 Å². The second kappa shape index (κ2) is 6.94. The highest BCUT2D eigenvalue weighted by atomic mass is 32.2. The number of piperidine rings is 1. The molecule has 1 amide bonds. The summed E-state index contributed by atoms with van der Waals surface area (Å²) in [5.74, 6) is -0.788. The lowest BCUT2D eigenvalue weighted by Crippen LogP contribution is -2.39. The third-order valence-corrected chi connectivity index (χ3v) is 5.90. The number of carbonyl (C=O) groups is 2. The molecule has 0 radical (unpaired) electrons. The lowest BCUT2D eigenvalue weighted by atomic mass is 9.93. The van der Waals surface area contributed by atoms with Crippen LogP contribution in [0.15, 0.2) is 15.6 Å². The first kappa shape index (κ1) is 18.5. The molecule has 1 fully saturated rings. The average Bonchev–Trinajstić information content (AvgIpc) is 2.89. The number of carbonyl (C=O) groups excluding carboxylic acids is 1. The number of hydrogen-bond acceptors (Lipinski definition) is 5. The van der Waals surface area contributed by atoms with Crippen LogP contribution in [0.3, 0.4) is 0 Å². The summed E-state index contributed by atoms with van der Waals surface area (Å²) in [4.78, 5) is 25.0. The quantitative estimate of drug-likeness (QED) is 0.846. The summed E-state index contributed by atoms with van der Waals surface area (Å²) >= 11 is 0. The van der Waals surface area contributed by atoms with Gasteiger partial charge in [0.15, 0.2) is 0 Å². The van der Waals surface area contributed by atoms with E-state index in [1.807, 2.05) is 0 Å². The van der Waals surface area contributed by atoms with E-state index in [1.54, 1.807) is 11.8 Å². The van der Waals surface area contributed by atoms with Crippen molar-refractivity contribution in [2.45, 2.75) is 31.3 Å². The number of hydrogen-bond donors (Lipinski definition) is 1. The molecule has 1 aromatic heterocycles. The monoisotopic (exact) mass is 358 g/mol. The first-order chi connectivity index (χ1) is 11.1. The Hall–Kier alpha value is -1.87. The molecule has 0 aromatic carbocycles. The molecule has 24 heavy (non-hydrogen) atoms. The molecule has 1 aliphatic rings. The van der Waals surface area contributed by atoms with E-state index in [9.17, 15) is 18.0 Å². The Bertz CT molecular complexity index is 729. The van der Waals surface area contributed by atoms with Gasteiger partial charge in [0.2, 0.25) is 5.09 Å². The Balaban J connectivity index is 2.12. The molecule has 8 nitrogen and oxygen atoms in total. The first-order valence-corrected chi connectivity index (χ1v) is 9.11. The van der Waals surface area contributed by atoms with Gasteiger partial charge < -0.3 is 14.4 Å². The maximum Gasteiger partial charge on any atom is 0.303 e. The van der Waals surface area contributed by atoms with Crippen LogP contribution < -0.4 is 0 Å². The van der Waals surface area contributed by atoms with E-state index in [0.717, 1.165) is 4.31 Å². The van der Waals surface area contributed by atoms with Crippen LogP contribution in [0.4, 0.5) is 0 Å². The molecule has 0 atom stereocenters. The van der Waals surface area contributed by atoms with E-state index in [4.69, 9.17) is 9.52 Å². The Morgan fingerprint density at radius 1 is 1.33 bits per heavy atom. The van der Waals surface area contributed by atoms with Gasteiger partial charge in [0.05, 0.1) is 5.56 Å². The average molecular weight is 358 g/mol. The van der Waals surface area contributed by atoms with Crippen molar-refractivity contribution >= 4 is 21.9 Å². The summed E-state index contributed by atoms with van der Waals surface area (Å²) in [7, 11) is -0.953. The number of nitrogens with zero attached hydrogens (tertiary/aromatic N) is 2. The highest BCUT2D eigenvalue weighted by molar-refractivity contribution is 7.88. The van der Waals surface area contributed by atoms with E-state index >= 15 is 0 Å². The van der Waals surface area contributed by atoms with Gasteiger partial charge >= 0.3 is 5.97 Å². The topological polar surface area (TPSA) is 108 Å². The standard InChI is InChI=1S/C15H22N2O6S/c1-10-12(9-14(23-10)24(21,22)16(2)3)15(20)17-6-4-11(5-7-17)8-13(18)19/h9,11H,4-8H2,1-3H3,(H,18,19). The predicted octanol–water partition coefficient (Wildman–Crippen LogP) is 1.17. The van der Waals surface area contributed by atoms with Crippen LogP contribution >= 0.6 is 0 Å². The van der Waals surface area contributed by atoms with E-state index in [0.29, 0.717) is 25.9 Å². The fraction of sp³-hybridized carbons (Fsp3) is 0.600. The first-order valence-electron chi connectivity index (χ1n) is 7.67. The number of furan rings is 1. The van der Waals surface area contributed by atoms with Crippen LogP contribution in [-0.4, -0.2) is 61.8 Å². The zero-order valence-electron chi connectivity index (χ0n) is 14.0. The van der Waals surface area contributed by atoms with Gasteiger partial charge in [-0.15, -0.1) is 0 Å². The van der Waals surface area contributed by atoms with Crippen LogP contribution in [0.1, 0.15) is 35.4 Å². The summed E-state index contributed by atoms with van der Waals surface area (Å²) in [6.45, 7) is 2.47. The molecule has 9 heteroatoms. The molecular formula is C15H22N2O6S. The van der Waals surface area contributed by atoms with Gasteiger partial charge in [0.1, 0.15) is 5.76 Å². The minimum atomic E-state index is -3.73. The number of sulfonamides is 1. The summed E-state index contributed by atoms with van der Waals surface area (Å²) in [5, 5.41) is 8.57. The summed E-state index contributed by atoms with van der Waals surface area (Å²) in [5.41, 5.74) is 0.229. The number of aliphatic carboxylic acids is 1. The van der Waals surface area contributed by atoms with Crippen molar-refractivity contribution < 1.29 is 27.5 Å². The Kier molecular flexibility index (Phi) is 5.34. The van der Waals surface area contributed by atoms with Gasteiger partial charge in [0.25, 0.3) is 15.9 Å². The zero-order valence-corrected chi connectivity index (χ0v) is 14.8. The predicted molar refractivity (Wildman–Crippen MR) is 85.2 cm³/mol. The molecule has 1 aliphatic heterocycles. The number of carboxylic acids is 1. The van der Waals surface area contributed by atoms with E-state index in [-0.39, 0.29) is 34.7 Å². The molecule has 1 saturated heterocycles.